The summed E-state index contributed by atoms with van der Waals surface area (Å²) in [4.78, 5) is 5.56. The van der Waals surface area contributed by atoms with E-state index in [1.807, 2.05) is 0 Å². The predicted octanol–water partition coefficient (Wildman–Crippen LogP) is 33.1. The van der Waals surface area contributed by atoms with Crippen molar-refractivity contribution in [2.24, 2.45) is 0 Å². The van der Waals surface area contributed by atoms with Crippen molar-refractivity contribution < 1.29 is 0 Å². The summed E-state index contributed by atoms with van der Waals surface area (Å²) in [6.45, 7) is 50.0. The average molecular weight is 1770 g/mol. The summed E-state index contributed by atoms with van der Waals surface area (Å²) in [6, 6.07) is 135. The number of nitrogens with zero attached hydrogens (tertiary/aromatic N) is 4. The molecule has 0 fully saturated rings. The van der Waals surface area contributed by atoms with Crippen LogP contribution in [-0.4, -0.2) is 15.8 Å². The Hall–Kier alpha value is -14.0. The molecular formula is C132H119BN4. The molecule has 0 amide bonds. The van der Waals surface area contributed by atoms with Crippen LogP contribution in [0, 0.1) is 0 Å². The van der Waals surface area contributed by atoms with E-state index in [9.17, 15) is 0 Å². The van der Waals surface area contributed by atoms with Gasteiger partial charge < -0.3 is 18.9 Å². The highest BCUT2D eigenvalue weighted by Gasteiger charge is 2.55. The topological polar surface area (TPSA) is 16.3 Å². The second kappa shape index (κ2) is 28.8. The monoisotopic (exact) mass is 1770 g/mol. The van der Waals surface area contributed by atoms with Crippen LogP contribution in [0.4, 0.5) is 34.1 Å². The van der Waals surface area contributed by atoms with E-state index in [1.54, 1.807) is 0 Å². The van der Waals surface area contributed by atoms with Crippen molar-refractivity contribution in [2.75, 3.05) is 9.80 Å². The number of anilines is 6. The second-order valence-corrected chi connectivity index (χ2v) is 47.6. The van der Waals surface area contributed by atoms with Crippen LogP contribution in [0.5, 0.6) is 0 Å². The molecular weight excluding hydrogens is 1650 g/mol. The van der Waals surface area contributed by atoms with Gasteiger partial charge in [-0.05, 0) is 290 Å². The molecule has 2 aromatic heterocycles. The van der Waals surface area contributed by atoms with E-state index in [-0.39, 0.29) is 44.6 Å². The van der Waals surface area contributed by atoms with Crippen LogP contribution in [0.15, 0.2) is 340 Å². The first kappa shape index (κ1) is 84.7. The van der Waals surface area contributed by atoms with Crippen molar-refractivity contribution in [3.8, 4) is 78.1 Å². The second-order valence-electron chi connectivity index (χ2n) is 47.6. The van der Waals surface area contributed by atoms with Crippen LogP contribution in [0.25, 0.3) is 122 Å². The van der Waals surface area contributed by atoms with Crippen molar-refractivity contribution in [1.29, 1.82) is 0 Å². The molecule has 0 unspecified atom stereocenters. The van der Waals surface area contributed by atoms with E-state index in [1.165, 1.54) is 222 Å². The highest BCUT2D eigenvalue weighted by atomic mass is 15.2. The molecule has 25 rings (SSSR count). The third kappa shape index (κ3) is 12.2. The lowest BCUT2D eigenvalue weighted by Crippen LogP contribution is -2.61. The lowest BCUT2D eigenvalue weighted by atomic mass is 9.33. The quantitative estimate of drug-likeness (QED) is 0.154. The van der Waals surface area contributed by atoms with E-state index < -0.39 is 10.8 Å². The summed E-state index contributed by atoms with van der Waals surface area (Å²) in [5, 5.41) is 4.91. The summed E-state index contributed by atoms with van der Waals surface area (Å²) >= 11 is 0. The Kier molecular flexibility index (Phi) is 17.8. The van der Waals surface area contributed by atoms with Crippen molar-refractivity contribution in [2.45, 2.75) is 194 Å². The molecule has 0 radical (unpaired) electrons. The van der Waals surface area contributed by atoms with E-state index >= 15 is 0 Å². The van der Waals surface area contributed by atoms with E-state index in [4.69, 9.17) is 0 Å². The molecule has 17 aromatic carbocycles. The number of rotatable bonds is 6. The SMILES string of the molecule is CC(C)(C)c1cc(-c2cc(C(C)(C)C)ccc2N2c3cc(-n4c5ccccc5c5cc6c(cc54)C4(c5ccccc5-c5ccccc54)c4ccccc4-6)ccc3B3c4ccc(-n5c6ccccc6c6cc7c(cc65)C5(c6ccccc6-c6ccccc65)c5ccccc5-7)cc4N(c4ccc(C(C)(C)C)cc4-c4cc(C(C)(C)C)cc(C(C)(C)C)c4)c4cc(C(C)(C)C)cc2c43)cc(C(C)(C)C)c1. The van der Waals surface area contributed by atoms with Gasteiger partial charge in [-0.15, -0.1) is 0 Å². The Labute approximate surface area is 809 Å². The Morgan fingerprint density at radius 3 is 0.788 bits per heavy atom. The van der Waals surface area contributed by atoms with Crippen molar-refractivity contribution in [3.05, 3.63) is 423 Å². The summed E-state index contributed by atoms with van der Waals surface area (Å²) in [5.41, 5.74) is 50.0. The van der Waals surface area contributed by atoms with Crippen LogP contribution < -0.4 is 26.2 Å². The molecule has 0 saturated carbocycles. The first-order valence-corrected chi connectivity index (χ1v) is 49.8. The summed E-state index contributed by atoms with van der Waals surface area (Å²) in [7, 11) is 0. The molecule has 2 spiro atoms. The highest BCUT2D eigenvalue weighted by molar-refractivity contribution is 7.00. The molecule has 0 saturated heterocycles. The van der Waals surface area contributed by atoms with Gasteiger partial charge in [-0.25, -0.2) is 0 Å². The van der Waals surface area contributed by atoms with Gasteiger partial charge in [-0.2, -0.15) is 0 Å². The van der Waals surface area contributed by atoms with Gasteiger partial charge in [0.2, 0.25) is 0 Å². The number of aromatic nitrogens is 2. The molecule has 4 nitrogen and oxygen atoms in total. The average Bonchev–Trinajstić information content (AvgIpc) is 1.54. The van der Waals surface area contributed by atoms with Gasteiger partial charge in [0.1, 0.15) is 0 Å². The molecule has 670 valence electrons. The fourth-order valence-corrected chi connectivity index (χ4v) is 25.0. The molecule has 0 bridgehead atoms. The Bertz CT molecular complexity index is 7830. The Morgan fingerprint density at radius 1 is 0.190 bits per heavy atom. The van der Waals surface area contributed by atoms with Gasteiger partial charge in [-0.1, -0.05) is 388 Å². The maximum Gasteiger partial charge on any atom is 0.252 e. The normalized spacial score (nSPS) is 14.7. The molecule has 4 aliphatic carbocycles. The first-order valence-electron chi connectivity index (χ1n) is 49.8. The van der Waals surface area contributed by atoms with Crippen molar-refractivity contribution >= 4 is 101 Å². The van der Waals surface area contributed by atoms with E-state index in [0.717, 1.165) is 34.1 Å². The van der Waals surface area contributed by atoms with Gasteiger partial charge in [0, 0.05) is 66.8 Å². The molecule has 0 atom stereocenters. The minimum absolute atomic E-state index is 0.164. The van der Waals surface area contributed by atoms with Crippen LogP contribution in [0.2, 0.25) is 0 Å². The van der Waals surface area contributed by atoms with Gasteiger partial charge >= 0.3 is 0 Å². The maximum absolute atomic E-state index is 2.78. The van der Waals surface area contributed by atoms with Crippen LogP contribution >= 0.6 is 0 Å². The molecule has 0 N–H and O–H groups in total. The van der Waals surface area contributed by atoms with E-state index in [2.05, 4.69) is 504 Å². The van der Waals surface area contributed by atoms with Gasteiger partial charge in [0.05, 0.1) is 44.3 Å². The third-order valence-electron chi connectivity index (χ3n) is 32.2. The standard InChI is InChI=1S/C132H119BN4/c1-124(2,3)80-54-60-115(97(68-80)78-62-82(126(7,8)9)66-83(63-78)127(10,11)12)136-119-72-87(134-113-52-36-28-44-95(113)101-74-99-93-42-26-34-50-107(93)131(109(99)76-117(101)134)103-46-30-22-38-89(103)90-39-23-31-47-104(90)131)56-58-111(119)133-112-59-57-88(135-114-53-37-29-45-96(114)102-75-100-94-43-27-35-51-108(94)132(110(100)77-118(102)135)105-48-32-24-40-91(105)92-41-25-33-49-106(92)132)73-120(112)137(122-71-86(130(19,20)21)70-121(136)123(122)133)116-61-55-81(125(4,5)6)69-98(116)79-64-84(128(13,14)15)67-85(65-79)129(16,17)18/h22-77H,1-21H3. The van der Waals surface area contributed by atoms with Crippen LogP contribution in [0.3, 0.4) is 0 Å². The smallest absolute Gasteiger partial charge is 0.252 e. The molecule has 4 heterocycles. The van der Waals surface area contributed by atoms with Crippen molar-refractivity contribution in [1.82, 2.24) is 9.13 Å². The Morgan fingerprint density at radius 2 is 0.474 bits per heavy atom. The highest BCUT2D eigenvalue weighted by Crippen LogP contribution is 2.67. The fraction of sp³-hybridized carbons (Fsp3) is 0.227. The van der Waals surface area contributed by atoms with Crippen LogP contribution in [0.1, 0.15) is 229 Å². The van der Waals surface area contributed by atoms with Gasteiger partial charge in [-0.3, -0.25) is 0 Å². The van der Waals surface area contributed by atoms with Crippen molar-refractivity contribution in [3.63, 3.8) is 0 Å². The first-order chi connectivity index (χ1) is 65.4. The summed E-state index contributed by atoms with van der Waals surface area (Å²) in [5.74, 6) is 0. The zero-order chi connectivity index (χ0) is 94.5. The number of benzene rings is 17. The molecule has 137 heavy (non-hydrogen) atoms. The predicted molar refractivity (Wildman–Crippen MR) is 584 cm³/mol. The third-order valence-corrected chi connectivity index (χ3v) is 32.2. The summed E-state index contributed by atoms with van der Waals surface area (Å²) < 4.78 is 5.28. The number of para-hydroxylation sites is 2. The lowest BCUT2D eigenvalue weighted by Gasteiger charge is -2.46. The molecule has 5 heteroatoms. The lowest BCUT2D eigenvalue weighted by molar-refractivity contribution is 0.568. The van der Waals surface area contributed by atoms with Gasteiger partial charge in [0.25, 0.3) is 6.71 Å². The summed E-state index contributed by atoms with van der Waals surface area (Å²) in [6.07, 6.45) is 0. The minimum Gasteiger partial charge on any atom is -0.311 e. The fourth-order valence-electron chi connectivity index (χ4n) is 25.0. The van der Waals surface area contributed by atoms with Crippen LogP contribution in [-0.2, 0) is 48.7 Å². The number of fused-ring (bicyclic) bond motifs is 30. The number of hydrogen-bond donors (Lipinski definition) is 0. The zero-order valence-corrected chi connectivity index (χ0v) is 83.2. The number of hydrogen-bond acceptors (Lipinski definition) is 2. The molecule has 6 aliphatic rings. The molecule has 19 aromatic rings. The van der Waals surface area contributed by atoms with E-state index in [0.29, 0.717) is 0 Å². The van der Waals surface area contributed by atoms with Gasteiger partial charge in [0.15, 0.2) is 0 Å². The Balaban J connectivity index is 0.815. The zero-order valence-electron chi connectivity index (χ0n) is 83.2. The largest absolute Gasteiger partial charge is 0.311 e. The minimum atomic E-state index is -0.560. The molecule has 2 aliphatic heterocycles. The maximum atomic E-state index is 2.78.